The molecule has 0 nitrogen and oxygen atoms in total. The van der Waals surface area contributed by atoms with E-state index in [0.29, 0.717) is 0 Å². The molecule has 0 amide bonds. The van der Waals surface area contributed by atoms with Crippen LogP contribution in [-0.4, -0.2) is 0 Å². The Hall–Kier alpha value is -1.04. The maximum absolute atomic E-state index is 3.83. The van der Waals surface area contributed by atoms with Crippen LogP contribution in [-0.2, 0) is 12.8 Å². The second-order valence-corrected chi connectivity index (χ2v) is 3.34. The van der Waals surface area contributed by atoms with Crippen LogP contribution in [0.3, 0.4) is 0 Å². The lowest BCUT2D eigenvalue weighted by atomic mass is 9.99. The van der Waals surface area contributed by atoms with E-state index in [2.05, 4.69) is 38.6 Å². The molecule has 1 aromatic carbocycles. The van der Waals surface area contributed by atoms with Gasteiger partial charge in [-0.3, -0.25) is 0 Å². The van der Waals surface area contributed by atoms with Gasteiger partial charge in [-0.1, -0.05) is 51.1 Å². The Morgan fingerprint density at radius 1 is 1.31 bits per heavy atom. The average Bonchev–Trinajstić information content (AvgIpc) is 2.18. The molecule has 0 spiro atoms. The van der Waals surface area contributed by atoms with Crippen molar-refractivity contribution in [3.05, 3.63) is 41.5 Å². The Labute approximate surface area is 81.3 Å². The molecule has 0 saturated heterocycles. The Balaban J connectivity index is 3.02. The highest BCUT2D eigenvalue weighted by atomic mass is 14.0. The largest absolute Gasteiger partial charge is 0.0985 e. The van der Waals surface area contributed by atoms with Crippen LogP contribution in [0.2, 0.25) is 0 Å². The molecule has 70 valence electrons. The topological polar surface area (TPSA) is 0 Å². The minimum Gasteiger partial charge on any atom is -0.0985 e. The highest BCUT2D eigenvalue weighted by Crippen LogP contribution is 2.15. The van der Waals surface area contributed by atoms with Gasteiger partial charge in [-0.25, -0.2) is 0 Å². The Bertz CT molecular complexity index is 284. The Morgan fingerprint density at radius 3 is 2.62 bits per heavy atom. The molecule has 13 heavy (non-hydrogen) atoms. The predicted octanol–water partition coefficient (Wildman–Crippen LogP) is 3.84. The summed E-state index contributed by atoms with van der Waals surface area (Å²) in [5.74, 6) is 0. The van der Waals surface area contributed by atoms with Gasteiger partial charge in [0, 0.05) is 0 Å². The Morgan fingerprint density at radius 2 is 2.08 bits per heavy atom. The minimum atomic E-state index is 1.12. The molecule has 0 N–H and O–H groups in total. The molecule has 1 aromatic rings. The first-order chi connectivity index (χ1) is 6.31. The molecule has 1 rings (SSSR count). The van der Waals surface area contributed by atoms with Gasteiger partial charge in [-0.05, 0) is 29.5 Å². The second kappa shape index (κ2) is 4.86. The molecule has 0 aliphatic carbocycles. The molecule has 0 aliphatic heterocycles. The first kappa shape index (κ1) is 10.0. The van der Waals surface area contributed by atoms with E-state index in [1.807, 2.05) is 6.08 Å². The average molecular weight is 174 g/mol. The van der Waals surface area contributed by atoms with Crippen LogP contribution in [0.25, 0.3) is 6.08 Å². The van der Waals surface area contributed by atoms with Gasteiger partial charge in [0.15, 0.2) is 0 Å². The van der Waals surface area contributed by atoms with Gasteiger partial charge < -0.3 is 0 Å². The summed E-state index contributed by atoms with van der Waals surface area (Å²) in [5.41, 5.74) is 4.16. The van der Waals surface area contributed by atoms with Crippen LogP contribution in [0.1, 0.15) is 37.0 Å². The van der Waals surface area contributed by atoms with Crippen molar-refractivity contribution in [2.45, 2.75) is 33.1 Å². The maximum atomic E-state index is 3.83. The SMILES string of the molecule is C=Cc1ccc(CC)cc1CCC. The van der Waals surface area contributed by atoms with E-state index >= 15 is 0 Å². The minimum absolute atomic E-state index is 1.12. The van der Waals surface area contributed by atoms with Gasteiger partial charge in [0.2, 0.25) is 0 Å². The fraction of sp³-hybridized carbons (Fsp3) is 0.385. The molecule has 0 unspecified atom stereocenters. The zero-order valence-corrected chi connectivity index (χ0v) is 8.64. The molecule has 0 aromatic heterocycles. The quantitative estimate of drug-likeness (QED) is 0.650. The lowest BCUT2D eigenvalue weighted by molar-refractivity contribution is 0.915. The molecular formula is C13H18. The van der Waals surface area contributed by atoms with Crippen molar-refractivity contribution in [3.8, 4) is 0 Å². The zero-order chi connectivity index (χ0) is 9.68. The second-order valence-electron chi connectivity index (χ2n) is 3.34. The van der Waals surface area contributed by atoms with E-state index in [9.17, 15) is 0 Å². The number of hydrogen-bond donors (Lipinski definition) is 0. The van der Waals surface area contributed by atoms with E-state index in [0.717, 1.165) is 12.8 Å². The number of hydrogen-bond acceptors (Lipinski definition) is 0. The third-order valence-electron chi connectivity index (χ3n) is 2.35. The maximum Gasteiger partial charge on any atom is -0.0230 e. The molecule has 0 heterocycles. The standard InChI is InChI=1S/C13H18/c1-4-7-13-10-11(5-2)8-9-12(13)6-3/h6,8-10H,3-5,7H2,1-2H3. The zero-order valence-electron chi connectivity index (χ0n) is 8.64. The van der Waals surface area contributed by atoms with Gasteiger partial charge in [-0.15, -0.1) is 0 Å². The molecule has 0 radical (unpaired) electrons. The van der Waals surface area contributed by atoms with Gasteiger partial charge >= 0.3 is 0 Å². The van der Waals surface area contributed by atoms with Crippen LogP contribution in [0.5, 0.6) is 0 Å². The van der Waals surface area contributed by atoms with E-state index < -0.39 is 0 Å². The van der Waals surface area contributed by atoms with E-state index in [1.54, 1.807) is 0 Å². The molecule has 0 aliphatic rings. The predicted molar refractivity (Wildman–Crippen MR) is 59.9 cm³/mol. The molecule has 0 fully saturated rings. The smallest absolute Gasteiger partial charge is 0.0230 e. The third-order valence-corrected chi connectivity index (χ3v) is 2.35. The van der Waals surface area contributed by atoms with Crippen molar-refractivity contribution in [1.82, 2.24) is 0 Å². The summed E-state index contributed by atoms with van der Waals surface area (Å²) in [6, 6.07) is 6.67. The number of rotatable bonds is 4. The summed E-state index contributed by atoms with van der Waals surface area (Å²) >= 11 is 0. The van der Waals surface area contributed by atoms with Crippen LogP contribution in [0.4, 0.5) is 0 Å². The summed E-state index contributed by atoms with van der Waals surface area (Å²) in [7, 11) is 0. The van der Waals surface area contributed by atoms with Gasteiger partial charge in [0.1, 0.15) is 0 Å². The lowest BCUT2D eigenvalue weighted by Gasteiger charge is -2.06. The van der Waals surface area contributed by atoms with E-state index in [1.165, 1.54) is 23.1 Å². The molecular weight excluding hydrogens is 156 g/mol. The van der Waals surface area contributed by atoms with E-state index in [-0.39, 0.29) is 0 Å². The summed E-state index contributed by atoms with van der Waals surface area (Å²) in [6.07, 6.45) is 5.43. The lowest BCUT2D eigenvalue weighted by Crippen LogP contribution is -1.91. The monoisotopic (exact) mass is 174 g/mol. The number of benzene rings is 1. The van der Waals surface area contributed by atoms with Crippen molar-refractivity contribution in [2.75, 3.05) is 0 Å². The van der Waals surface area contributed by atoms with Crippen molar-refractivity contribution in [1.29, 1.82) is 0 Å². The van der Waals surface area contributed by atoms with Crippen LogP contribution in [0.15, 0.2) is 24.8 Å². The highest BCUT2D eigenvalue weighted by molar-refractivity contribution is 5.52. The Kier molecular flexibility index (Phi) is 3.75. The summed E-state index contributed by atoms with van der Waals surface area (Å²) in [5, 5.41) is 0. The summed E-state index contributed by atoms with van der Waals surface area (Å²) < 4.78 is 0. The summed E-state index contributed by atoms with van der Waals surface area (Å²) in [6.45, 7) is 8.24. The van der Waals surface area contributed by atoms with Gasteiger partial charge in [0.25, 0.3) is 0 Å². The van der Waals surface area contributed by atoms with Gasteiger partial charge in [0.05, 0.1) is 0 Å². The molecule has 0 heteroatoms. The number of aryl methyl sites for hydroxylation is 2. The van der Waals surface area contributed by atoms with Gasteiger partial charge in [-0.2, -0.15) is 0 Å². The highest BCUT2D eigenvalue weighted by Gasteiger charge is 1.99. The van der Waals surface area contributed by atoms with Crippen LogP contribution >= 0.6 is 0 Å². The van der Waals surface area contributed by atoms with Crippen molar-refractivity contribution in [3.63, 3.8) is 0 Å². The van der Waals surface area contributed by atoms with Crippen LogP contribution in [0, 0.1) is 0 Å². The van der Waals surface area contributed by atoms with E-state index in [4.69, 9.17) is 0 Å². The fourth-order valence-electron chi connectivity index (χ4n) is 1.56. The first-order valence-corrected chi connectivity index (χ1v) is 5.06. The van der Waals surface area contributed by atoms with Crippen LogP contribution < -0.4 is 0 Å². The fourth-order valence-corrected chi connectivity index (χ4v) is 1.56. The van der Waals surface area contributed by atoms with Crippen molar-refractivity contribution < 1.29 is 0 Å². The third kappa shape index (κ3) is 2.45. The summed E-state index contributed by atoms with van der Waals surface area (Å²) in [4.78, 5) is 0. The van der Waals surface area contributed by atoms with Crippen molar-refractivity contribution >= 4 is 6.08 Å². The first-order valence-electron chi connectivity index (χ1n) is 5.06. The molecule has 0 bridgehead atoms. The molecule has 0 saturated carbocycles. The molecule has 0 atom stereocenters. The normalized spacial score (nSPS) is 10.0. The van der Waals surface area contributed by atoms with Crippen molar-refractivity contribution in [2.24, 2.45) is 0 Å².